The Labute approximate surface area is 124 Å². The van der Waals surface area contributed by atoms with Gasteiger partial charge in [0.25, 0.3) is 0 Å². The highest BCUT2D eigenvalue weighted by Crippen LogP contribution is 2.32. The smallest absolute Gasteiger partial charge is 0.130 e. The number of halogens is 2. The number of fused-ring (bicyclic) bond motifs is 1. The number of nitrogens with one attached hydrogen (secondary N) is 1. The third-order valence-corrected chi connectivity index (χ3v) is 3.89. The highest BCUT2D eigenvalue weighted by molar-refractivity contribution is 9.11. The zero-order valence-electron chi connectivity index (χ0n) is 10.7. The van der Waals surface area contributed by atoms with E-state index >= 15 is 0 Å². The van der Waals surface area contributed by atoms with Crippen molar-refractivity contribution in [1.29, 1.82) is 0 Å². The second-order valence-electron chi connectivity index (χ2n) is 4.57. The Morgan fingerprint density at radius 3 is 2.56 bits per heavy atom. The lowest BCUT2D eigenvalue weighted by atomic mass is 10.0. The zero-order valence-corrected chi connectivity index (χ0v) is 13.9. The molecular formula is C14H16Br2N2. The number of hydrogen-bond acceptors (Lipinski definition) is 2. The second kappa shape index (κ2) is 5.57. The average Bonchev–Trinajstić information content (AvgIpc) is 2.29. The molecule has 1 aromatic carbocycles. The predicted octanol–water partition coefficient (Wildman–Crippen LogP) is 5.32. The Hall–Kier alpha value is -0.610. The molecule has 1 heterocycles. The van der Waals surface area contributed by atoms with Crippen molar-refractivity contribution >= 4 is 48.6 Å². The Balaban J connectivity index is 2.72. The van der Waals surface area contributed by atoms with Gasteiger partial charge in [0.15, 0.2) is 0 Å². The SMILES string of the molecule is CCNc1nc2c(Br)cc(Br)cc2cc1C(C)C. The maximum atomic E-state index is 4.75. The largest absolute Gasteiger partial charge is 0.370 e. The normalized spacial score (nSPS) is 11.2. The van der Waals surface area contributed by atoms with Gasteiger partial charge in [0, 0.05) is 20.9 Å². The first-order valence-electron chi connectivity index (χ1n) is 6.06. The topological polar surface area (TPSA) is 24.9 Å². The van der Waals surface area contributed by atoms with Gasteiger partial charge in [-0.15, -0.1) is 0 Å². The molecule has 0 radical (unpaired) electrons. The van der Waals surface area contributed by atoms with Crippen molar-refractivity contribution in [3.63, 3.8) is 0 Å². The number of rotatable bonds is 3. The van der Waals surface area contributed by atoms with Crippen LogP contribution in [0.1, 0.15) is 32.3 Å². The van der Waals surface area contributed by atoms with E-state index in [0.717, 1.165) is 32.2 Å². The molecule has 0 aliphatic heterocycles. The van der Waals surface area contributed by atoms with Gasteiger partial charge in [0.05, 0.1) is 5.52 Å². The van der Waals surface area contributed by atoms with Crippen molar-refractivity contribution in [2.24, 2.45) is 0 Å². The minimum absolute atomic E-state index is 0.453. The molecule has 0 amide bonds. The highest BCUT2D eigenvalue weighted by Gasteiger charge is 2.11. The quantitative estimate of drug-likeness (QED) is 0.790. The van der Waals surface area contributed by atoms with Crippen molar-refractivity contribution < 1.29 is 0 Å². The average molecular weight is 372 g/mol. The molecule has 0 saturated carbocycles. The minimum atomic E-state index is 0.453. The van der Waals surface area contributed by atoms with Gasteiger partial charge < -0.3 is 5.32 Å². The van der Waals surface area contributed by atoms with Crippen LogP contribution in [0.4, 0.5) is 5.82 Å². The monoisotopic (exact) mass is 370 g/mol. The van der Waals surface area contributed by atoms with E-state index in [9.17, 15) is 0 Å². The maximum Gasteiger partial charge on any atom is 0.130 e. The molecule has 0 unspecified atom stereocenters. The Bertz CT molecular complexity index is 580. The van der Waals surface area contributed by atoms with Crippen molar-refractivity contribution in [1.82, 2.24) is 4.98 Å². The molecule has 2 aromatic rings. The van der Waals surface area contributed by atoms with E-state index in [1.807, 2.05) is 6.07 Å². The van der Waals surface area contributed by atoms with E-state index in [4.69, 9.17) is 4.98 Å². The summed E-state index contributed by atoms with van der Waals surface area (Å²) < 4.78 is 2.08. The van der Waals surface area contributed by atoms with Gasteiger partial charge in [-0.1, -0.05) is 29.8 Å². The van der Waals surface area contributed by atoms with Crippen LogP contribution in [0.2, 0.25) is 0 Å². The molecule has 96 valence electrons. The third kappa shape index (κ3) is 2.69. The first-order chi connectivity index (χ1) is 8.52. The summed E-state index contributed by atoms with van der Waals surface area (Å²) in [5.74, 6) is 1.44. The molecule has 0 bridgehead atoms. The van der Waals surface area contributed by atoms with E-state index in [1.165, 1.54) is 5.56 Å². The Morgan fingerprint density at radius 1 is 1.22 bits per heavy atom. The van der Waals surface area contributed by atoms with Gasteiger partial charge in [0.1, 0.15) is 5.82 Å². The van der Waals surface area contributed by atoms with E-state index in [1.54, 1.807) is 0 Å². The first kappa shape index (κ1) is 13.8. The van der Waals surface area contributed by atoms with Crippen molar-refractivity contribution in [2.45, 2.75) is 26.7 Å². The summed E-state index contributed by atoms with van der Waals surface area (Å²) in [5, 5.41) is 4.50. The van der Waals surface area contributed by atoms with Gasteiger partial charge in [-0.05, 0) is 52.5 Å². The van der Waals surface area contributed by atoms with Crippen LogP contribution in [-0.2, 0) is 0 Å². The summed E-state index contributed by atoms with van der Waals surface area (Å²) in [7, 11) is 0. The van der Waals surface area contributed by atoms with E-state index in [0.29, 0.717) is 5.92 Å². The molecule has 4 heteroatoms. The molecule has 0 aliphatic rings. The number of pyridine rings is 1. The Kier molecular flexibility index (Phi) is 4.28. The fourth-order valence-corrected chi connectivity index (χ4v) is 3.32. The number of aromatic nitrogens is 1. The van der Waals surface area contributed by atoms with Gasteiger partial charge in [-0.2, -0.15) is 0 Å². The maximum absolute atomic E-state index is 4.75. The van der Waals surface area contributed by atoms with Crippen LogP contribution in [0.25, 0.3) is 10.9 Å². The van der Waals surface area contributed by atoms with Crippen LogP contribution < -0.4 is 5.32 Å². The first-order valence-corrected chi connectivity index (χ1v) is 7.65. The summed E-state index contributed by atoms with van der Waals surface area (Å²) in [6.07, 6.45) is 0. The molecule has 0 fully saturated rings. The molecule has 1 N–H and O–H groups in total. The molecular weight excluding hydrogens is 356 g/mol. The van der Waals surface area contributed by atoms with Crippen molar-refractivity contribution in [3.8, 4) is 0 Å². The van der Waals surface area contributed by atoms with E-state index < -0.39 is 0 Å². The molecule has 0 saturated heterocycles. The van der Waals surface area contributed by atoms with Crippen molar-refractivity contribution in [2.75, 3.05) is 11.9 Å². The van der Waals surface area contributed by atoms with Gasteiger partial charge in [-0.3, -0.25) is 0 Å². The fraction of sp³-hybridized carbons (Fsp3) is 0.357. The lowest BCUT2D eigenvalue weighted by Crippen LogP contribution is -2.05. The molecule has 2 rings (SSSR count). The number of nitrogens with zero attached hydrogens (tertiary/aromatic N) is 1. The minimum Gasteiger partial charge on any atom is -0.370 e. The van der Waals surface area contributed by atoms with Crippen molar-refractivity contribution in [3.05, 3.63) is 32.7 Å². The van der Waals surface area contributed by atoms with Gasteiger partial charge in [-0.25, -0.2) is 4.98 Å². The summed E-state index contributed by atoms with van der Waals surface area (Å²) in [6.45, 7) is 7.35. The van der Waals surface area contributed by atoms with Gasteiger partial charge >= 0.3 is 0 Å². The summed E-state index contributed by atoms with van der Waals surface area (Å²) in [5.41, 5.74) is 2.26. The van der Waals surface area contributed by atoms with Crippen LogP contribution in [-0.4, -0.2) is 11.5 Å². The molecule has 0 spiro atoms. The summed E-state index contributed by atoms with van der Waals surface area (Å²) in [4.78, 5) is 4.75. The number of benzene rings is 1. The molecule has 0 aliphatic carbocycles. The predicted molar refractivity (Wildman–Crippen MR) is 85.4 cm³/mol. The number of hydrogen-bond donors (Lipinski definition) is 1. The second-order valence-corrected chi connectivity index (χ2v) is 6.34. The molecule has 2 nitrogen and oxygen atoms in total. The lowest BCUT2D eigenvalue weighted by molar-refractivity contribution is 0.861. The van der Waals surface area contributed by atoms with Crippen LogP contribution in [0.3, 0.4) is 0 Å². The highest BCUT2D eigenvalue weighted by atomic mass is 79.9. The third-order valence-electron chi connectivity index (χ3n) is 2.83. The summed E-state index contributed by atoms with van der Waals surface area (Å²) >= 11 is 7.09. The van der Waals surface area contributed by atoms with E-state index in [-0.39, 0.29) is 0 Å². The standard InChI is InChI=1S/C14H16Br2N2/c1-4-17-14-11(8(2)3)6-9-5-10(15)7-12(16)13(9)18-14/h5-8H,4H2,1-3H3,(H,17,18). The fourth-order valence-electron chi connectivity index (χ4n) is 1.98. The molecule has 0 atom stereocenters. The van der Waals surface area contributed by atoms with Crippen LogP contribution in [0, 0.1) is 0 Å². The van der Waals surface area contributed by atoms with Crippen LogP contribution >= 0.6 is 31.9 Å². The molecule has 18 heavy (non-hydrogen) atoms. The zero-order chi connectivity index (χ0) is 13.3. The molecule has 1 aromatic heterocycles. The van der Waals surface area contributed by atoms with Crippen LogP contribution in [0.15, 0.2) is 27.1 Å². The Morgan fingerprint density at radius 2 is 1.94 bits per heavy atom. The van der Waals surface area contributed by atoms with Crippen LogP contribution in [0.5, 0.6) is 0 Å². The lowest BCUT2D eigenvalue weighted by Gasteiger charge is -2.15. The van der Waals surface area contributed by atoms with Gasteiger partial charge in [0.2, 0.25) is 0 Å². The number of anilines is 1. The van der Waals surface area contributed by atoms with E-state index in [2.05, 4.69) is 70.1 Å². The summed E-state index contributed by atoms with van der Waals surface area (Å²) in [6, 6.07) is 6.36.